The van der Waals surface area contributed by atoms with E-state index in [9.17, 15) is 9.59 Å². The molecule has 162 valence electrons. The molecule has 0 bridgehead atoms. The third kappa shape index (κ3) is 4.78. The second-order valence-corrected chi connectivity index (χ2v) is 7.62. The summed E-state index contributed by atoms with van der Waals surface area (Å²) in [5.41, 5.74) is 7.74. The number of benzene rings is 2. The molecule has 3 aromatic rings. The molecule has 0 atom stereocenters. The first-order valence-corrected chi connectivity index (χ1v) is 9.99. The van der Waals surface area contributed by atoms with Gasteiger partial charge in [0.1, 0.15) is 0 Å². The van der Waals surface area contributed by atoms with Crippen LogP contribution in [0, 0.1) is 13.8 Å². The lowest BCUT2D eigenvalue weighted by Gasteiger charge is -2.18. The number of hydrazine groups is 1. The summed E-state index contributed by atoms with van der Waals surface area (Å²) in [7, 11) is 3.00. The summed E-state index contributed by atoms with van der Waals surface area (Å²) in [6.45, 7) is 3.85. The number of hydrogen-bond donors (Lipinski definition) is 2. The maximum atomic E-state index is 13.0. The van der Waals surface area contributed by atoms with Crippen molar-refractivity contribution in [3.63, 3.8) is 0 Å². The Kier molecular flexibility index (Phi) is 6.77. The maximum absolute atomic E-state index is 13.0. The van der Waals surface area contributed by atoms with Gasteiger partial charge >= 0.3 is 0 Å². The Morgan fingerprint density at radius 3 is 1.87 bits per heavy atom. The van der Waals surface area contributed by atoms with Gasteiger partial charge < -0.3 is 14.0 Å². The van der Waals surface area contributed by atoms with Gasteiger partial charge in [0, 0.05) is 33.1 Å². The number of nitrogens with zero attached hydrogens (tertiary/aromatic N) is 1. The van der Waals surface area contributed by atoms with Gasteiger partial charge in [0.2, 0.25) is 0 Å². The molecule has 0 aliphatic rings. The fourth-order valence-electron chi connectivity index (χ4n) is 3.22. The van der Waals surface area contributed by atoms with Gasteiger partial charge in [-0.05, 0) is 50.2 Å². The predicted molar refractivity (Wildman–Crippen MR) is 120 cm³/mol. The number of amides is 2. The van der Waals surface area contributed by atoms with E-state index in [-0.39, 0.29) is 11.1 Å². The molecule has 9 heteroatoms. The standard InChI is InChI=1S/C22H21Cl2N3O4/c1-12-5-6-13(2)27(12)18-11-20(31-4)19(30-3)10-17(18)22(29)26-25-21(28)14-7-15(23)9-16(24)8-14/h5-11H,1-4H3,(H,25,28)(H,26,29). The highest BCUT2D eigenvalue weighted by Crippen LogP contribution is 2.33. The number of nitrogens with one attached hydrogen (secondary N) is 2. The Labute approximate surface area is 189 Å². The Hall–Kier alpha value is -3.16. The van der Waals surface area contributed by atoms with Gasteiger partial charge in [0.25, 0.3) is 11.8 Å². The second-order valence-electron chi connectivity index (χ2n) is 6.74. The van der Waals surface area contributed by atoms with Crippen LogP contribution in [0.1, 0.15) is 32.1 Å². The molecule has 7 nitrogen and oxygen atoms in total. The summed E-state index contributed by atoms with van der Waals surface area (Å²) < 4.78 is 12.7. The Morgan fingerprint density at radius 1 is 0.806 bits per heavy atom. The van der Waals surface area contributed by atoms with Crippen molar-refractivity contribution in [2.75, 3.05) is 14.2 Å². The zero-order chi connectivity index (χ0) is 22.7. The van der Waals surface area contributed by atoms with E-state index in [2.05, 4.69) is 10.9 Å². The van der Waals surface area contributed by atoms with E-state index in [0.29, 0.717) is 27.2 Å². The van der Waals surface area contributed by atoms with Gasteiger partial charge in [-0.2, -0.15) is 0 Å². The number of carbonyl (C=O) groups is 2. The van der Waals surface area contributed by atoms with E-state index in [0.717, 1.165) is 11.4 Å². The van der Waals surface area contributed by atoms with Crippen molar-refractivity contribution in [2.24, 2.45) is 0 Å². The third-order valence-electron chi connectivity index (χ3n) is 4.67. The Balaban J connectivity index is 1.95. The molecular formula is C22H21Cl2N3O4. The molecule has 0 radical (unpaired) electrons. The van der Waals surface area contributed by atoms with Crippen LogP contribution in [-0.4, -0.2) is 30.6 Å². The molecule has 0 unspecified atom stereocenters. The number of aryl methyl sites for hydroxylation is 2. The molecule has 0 saturated carbocycles. The molecule has 2 aromatic carbocycles. The van der Waals surface area contributed by atoms with Crippen molar-refractivity contribution in [2.45, 2.75) is 13.8 Å². The summed E-state index contributed by atoms with van der Waals surface area (Å²) in [5.74, 6) is -0.246. The van der Waals surface area contributed by atoms with Crippen molar-refractivity contribution >= 4 is 35.0 Å². The molecule has 1 aromatic heterocycles. The summed E-state index contributed by atoms with van der Waals surface area (Å²) >= 11 is 11.9. The average Bonchev–Trinajstić information content (AvgIpc) is 3.07. The number of hydrogen-bond acceptors (Lipinski definition) is 4. The average molecular weight is 462 g/mol. The summed E-state index contributed by atoms with van der Waals surface area (Å²) in [4.78, 5) is 25.5. The van der Waals surface area contributed by atoms with Crippen LogP contribution in [0.4, 0.5) is 0 Å². The lowest BCUT2D eigenvalue weighted by Crippen LogP contribution is -2.42. The van der Waals surface area contributed by atoms with Crippen molar-refractivity contribution in [1.29, 1.82) is 0 Å². The minimum atomic E-state index is -0.562. The fourth-order valence-corrected chi connectivity index (χ4v) is 3.75. The van der Waals surface area contributed by atoms with Crippen LogP contribution < -0.4 is 20.3 Å². The van der Waals surface area contributed by atoms with Crippen LogP contribution >= 0.6 is 23.2 Å². The molecule has 31 heavy (non-hydrogen) atoms. The molecular weight excluding hydrogens is 441 g/mol. The van der Waals surface area contributed by atoms with Crippen LogP contribution in [0.25, 0.3) is 5.69 Å². The molecule has 3 rings (SSSR count). The normalized spacial score (nSPS) is 10.5. The summed E-state index contributed by atoms with van der Waals surface area (Å²) in [6.07, 6.45) is 0. The van der Waals surface area contributed by atoms with Gasteiger partial charge in [-0.15, -0.1) is 0 Å². The Morgan fingerprint density at radius 2 is 1.32 bits per heavy atom. The van der Waals surface area contributed by atoms with E-state index >= 15 is 0 Å². The SMILES string of the molecule is COc1cc(C(=O)NNC(=O)c2cc(Cl)cc(Cl)c2)c(-n2c(C)ccc2C)cc1OC. The van der Waals surface area contributed by atoms with Gasteiger partial charge in [0.15, 0.2) is 11.5 Å². The predicted octanol–water partition coefficient (Wildman–Crippen LogP) is 4.49. The molecule has 2 N–H and O–H groups in total. The van der Waals surface area contributed by atoms with Gasteiger partial charge in [0.05, 0.1) is 25.5 Å². The van der Waals surface area contributed by atoms with Gasteiger partial charge in [-0.25, -0.2) is 0 Å². The molecule has 0 fully saturated rings. The van der Waals surface area contributed by atoms with E-state index in [1.165, 1.54) is 32.4 Å². The first kappa shape index (κ1) is 22.5. The maximum Gasteiger partial charge on any atom is 0.271 e. The third-order valence-corrected chi connectivity index (χ3v) is 5.11. The lowest BCUT2D eigenvalue weighted by molar-refractivity contribution is 0.0846. The molecule has 0 aliphatic heterocycles. The first-order chi connectivity index (χ1) is 14.7. The van der Waals surface area contributed by atoms with Gasteiger partial charge in [-0.1, -0.05) is 23.2 Å². The zero-order valence-electron chi connectivity index (χ0n) is 17.4. The van der Waals surface area contributed by atoms with Crippen LogP contribution in [0.3, 0.4) is 0 Å². The Bertz CT molecular complexity index is 1120. The van der Waals surface area contributed by atoms with Gasteiger partial charge in [-0.3, -0.25) is 20.4 Å². The molecule has 0 saturated heterocycles. The largest absolute Gasteiger partial charge is 0.493 e. The van der Waals surface area contributed by atoms with Crippen LogP contribution in [0.15, 0.2) is 42.5 Å². The highest BCUT2D eigenvalue weighted by Gasteiger charge is 2.20. The van der Waals surface area contributed by atoms with Crippen LogP contribution in [0.5, 0.6) is 11.5 Å². The first-order valence-electron chi connectivity index (χ1n) is 9.23. The number of methoxy groups -OCH3 is 2. The smallest absolute Gasteiger partial charge is 0.271 e. The van der Waals surface area contributed by atoms with E-state index < -0.39 is 11.8 Å². The van der Waals surface area contributed by atoms with Crippen molar-refractivity contribution in [3.05, 3.63) is 75.0 Å². The number of rotatable bonds is 5. The molecule has 2 amide bonds. The molecule has 0 spiro atoms. The zero-order valence-corrected chi connectivity index (χ0v) is 18.9. The van der Waals surface area contributed by atoms with Crippen molar-refractivity contribution in [3.8, 4) is 17.2 Å². The van der Waals surface area contributed by atoms with Crippen LogP contribution in [-0.2, 0) is 0 Å². The number of halogens is 2. The van der Waals surface area contributed by atoms with Crippen molar-refractivity contribution in [1.82, 2.24) is 15.4 Å². The minimum absolute atomic E-state index is 0.211. The van der Waals surface area contributed by atoms with E-state index in [1.807, 2.05) is 30.5 Å². The molecule has 0 aliphatic carbocycles. The number of aromatic nitrogens is 1. The molecule has 1 heterocycles. The summed E-state index contributed by atoms with van der Waals surface area (Å²) in [5, 5.41) is 0.620. The highest BCUT2D eigenvalue weighted by molar-refractivity contribution is 6.35. The highest BCUT2D eigenvalue weighted by atomic mass is 35.5. The second kappa shape index (κ2) is 9.32. The fraction of sp³-hybridized carbons (Fsp3) is 0.182. The number of carbonyl (C=O) groups excluding carboxylic acids is 2. The van der Waals surface area contributed by atoms with E-state index in [4.69, 9.17) is 32.7 Å². The lowest BCUT2D eigenvalue weighted by atomic mass is 10.1. The number of ether oxygens (including phenoxy) is 2. The van der Waals surface area contributed by atoms with Crippen LogP contribution in [0.2, 0.25) is 10.0 Å². The minimum Gasteiger partial charge on any atom is -0.493 e. The summed E-state index contributed by atoms with van der Waals surface area (Å²) in [6, 6.07) is 11.6. The monoisotopic (exact) mass is 461 g/mol. The van der Waals surface area contributed by atoms with Crippen molar-refractivity contribution < 1.29 is 19.1 Å². The quantitative estimate of drug-likeness (QED) is 0.548. The topological polar surface area (TPSA) is 81.6 Å². The van der Waals surface area contributed by atoms with E-state index in [1.54, 1.807) is 12.1 Å².